The first-order valence-electron chi connectivity index (χ1n) is 1.69. The standard InChI is InChI=1S/C3H7NO2.Pb/c1-2-6-3(4)5;/h2H2,1H3,(H2,4,5);. The molecule has 3 nitrogen and oxygen atoms in total. The Labute approximate surface area is 62.4 Å². The number of nitrogens with two attached hydrogens (primary N) is 1. The number of hydrogen-bond donors (Lipinski definition) is 1. The van der Waals surface area contributed by atoms with Gasteiger partial charge in [-0.2, -0.15) is 0 Å². The number of hydrogen-bond acceptors (Lipinski definition) is 2. The van der Waals surface area contributed by atoms with Gasteiger partial charge in [0.1, 0.15) is 0 Å². The van der Waals surface area contributed by atoms with Crippen LogP contribution in [0.5, 0.6) is 0 Å². The van der Waals surface area contributed by atoms with Gasteiger partial charge in [0.25, 0.3) is 0 Å². The van der Waals surface area contributed by atoms with Gasteiger partial charge in [-0.1, -0.05) is 0 Å². The summed E-state index contributed by atoms with van der Waals surface area (Å²) in [5, 5.41) is 0. The molecule has 0 aromatic carbocycles. The van der Waals surface area contributed by atoms with E-state index < -0.39 is 6.09 Å². The van der Waals surface area contributed by atoms with Gasteiger partial charge in [-0.3, -0.25) is 0 Å². The molecule has 0 atom stereocenters. The van der Waals surface area contributed by atoms with E-state index in [4.69, 9.17) is 0 Å². The van der Waals surface area contributed by atoms with Gasteiger partial charge in [0.15, 0.2) is 0 Å². The van der Waals surface area contributed by atoms with Gasteiger partial charge in [0.05, 0.1) is 6.61 Å². The van der Waals surface area contributed by atoms with Crippen LogP contribution in [-0.4, -0.2) is 40.0 Å². The zero-order valence-electron chi connectivity index (χ0n) is 4.10. The predicted octanol–water partition coefficient (Wildman–Crippen LogP) is -0.279. The summed E-state index contributed by atoms with van der Waals surface area (Å²) in [6.45, 7) is 2.06. The largest absolute Gasteiger partial charge is 0.450 e. The first-order chi connectivity index (χ1) is 2.77. The van der Waals surface area contributed by atoms with Gasteiger partial charge in [-0.15, -0.1) is 0 Å². The van der Waals surface area contributed by atoms with Crippen molar-refractivity contribution >= 4 is 33.4 Å². The van der Waals surface area contributed by atoms with Crippen LogP contribution < -0.4 is 5.73 Å². The zero-order chi connectivity index (χ0) is 4.99. The molecule has 2 N–H and O–H groups in total. The molecule has 0 aromatic heterocycles. The molecule has 40 valence electrons. The quantitative estimate of drug-likeness (QED) is 0.677. The maximum Gasteiger partial charge on any atom is 0.404 e. The van der Waals surface area contributed by atoms with Crippen LogP contribution in [0.15, 0.2) is 0 Å². The Bertz CT molecular complexity index is 56.9. The second kappa shape index (κ2) is 6.19. The normalized spacial score (nSPS) is 6.43. The molecule has 0 saturated heterocycles. The average molecular weight is 296 g/mol. The number of ether oxygens (including phenoxy) is 1. The van der Waals surface area contributed by atoms with Gasteiger partial charge in [0.2, 0.25) is 0 Å². The molecule has 0 fully saturated rings. The summed E-state index contributed by atoms with van der Waals surface area (Å²) in [5.74, 6) is 0. The second-order valence-electron chi connectivity index (χ2n) is 0.752. The molecule has 0 rings (SSSR count). The van der Waals surface area contributed by atoms with Gasteiger partial charge in [-0.05, 0) is 6.92 Å². The predicted molar refractivity (Wildman–Crippen MR) is 27.0 cm³/mol. The molecule has 0 saturated carbocycles. The second-order valence-corrected chi connectivity index (χ2v) is 0.752. The smallest absolute Gasteiger partial charge is 0.404 e. The molecule has 0 unspecified atom stereocenters. The Morgan fingerprint density at radius 3 is 2.29 bits per heavy atom. The van der Waals surface area contributed by atoms with E-state index in [1.165, 1.54) is 0 Å². The Hall–Kier alpha value is 0.192. The van der Waals surface area contributed by atoms with E-state index in [-0.39, 0.29) is 27.3 Å². The molecular formula is C3H7NO2Pb. The van der Waals surface area contributed by atoms with E-state index in [1.54, 1.807) is 6.92 Å². The van der Waals surface area contributed by atoms with Crippen molar-refractivity contribution < 1.29 is 9.53 Å². The Morgan fingerprint density at radius 2 is 2.29 bits per heavy atom. The van der Waals surface area contributed by atoms with Gasteiger partial charge in [-0.25, -0.2) is 4.79 Å². The van der Waals surface area contributed by atoms with Crippen molar-refractivity contribution in [3.8, 4) is 0 Å². The summed E-state index contributed by atoms with van der Waals surface area (Å²) in [6, 6.07) is 0. The summed E-state index contributed by atoms with van der Waals surface area (Å²) in [4.78, 5) is 9.60. The molecule has 1 amide bonds. The van der Waals surface area contributed by atoms with Gasteiger partial charge in [0, 0.05) is 27.3 Å². The number of primary amides is 1. The van der Waals surface area contributed by atoms with Crippen LogP contribution in [0, 0.1) is 0 Å². The molecule has 7 heavy (non-hydrogen) atoms. The van der Waals surface area contributed by atoms with E-state index >= 15 is 0 Å². The molecule has 0 spiro atoms. The minimum Gasteiger partial charge on any atom is -0.450 e. The molecule has 0 aromatic rings. The fourth-order valence-corrected chi connectivity index (χ4v) is 0.142. The summed E-state index contributed by atoms with van der Waals surface area (Å²) in [6.07, 6.45) is -0.711. The Balaban J connectivity index is 0. The van der Waals surface area contributed by atoms with E-state index in [0.29, 0.717) is 6.61 Å². The van der Waals surface area contributed by atoms with E-state index in [9.17, 15) is 4.79 Å². The van der Waals surface area contributed by atoms with Gasteiger partial charge >= 0.3 is 6.09 Å². The van der Waals surface area contributed by atoms with Crippen LogP contribution in [0.25, 0.3) is 0 Å². The maximum atomic E-state index is 9.60. The number of rotatable bonds is 1. The third-order valence-electron chi connectivity index (χ3n) is 0.287. The van der Waals surface area contributed by atoms with Crippen LogP contribution >= 0.6 is 0 Å². The first-order valence-corrected chi connectivity index (χ1v) is 1.69. The summed E-state index contributed by atoms with van der Waals surface area (Å²) in [7, 11) is 0. The fraction of sp³-hybridized carbons (Fsp3) is 0.667. The first kappa shape index (κ1) is 10.2. The number of amides is 1. The van der Waals surface area contributed by atoms with Crippen LogP contribution in [0.3, 0.4) is 0 Å². The van der Waals surface area contributed by atoms with E-state index in [0.717, 1.165) is 0 Å². The Morgan fingerprint density at radius 1 is 1.86 bits per heavy atom. The van der Waals surface area contributed by atoms with Crippen molar-refractivity contribution in [3.05, 3.63) is 0 Å². The van der Waals surface area contributed by atoms with Gasteiger partial charge < -0.3 is 10.5 Å². The zero-order valence-corrected chi connectivity index (χ0v) is 7.99. The minimum atomic E-state index is -0.711. The average Bonchev–Trinajstić information content (AvgIpc) is 1.35. The van der Waals surface area contributed by atoms with Crippen LogP contribution in [0.4, 0.5) is 4.79 Å². The molecule has 4 heteroatoms. The minimum absolute atomic E-state index is 0. The molecule has 0 bridgehead atoms. The summed E-state index contributed by atoms with van der Waals surface area (Å²) in [5.41, 5.74) is 4.54. The molecule has 0 heterocycles. The van der Waals surface area contributed by atoms with Crippen molar-refractivity contribution in [2.75, 3.05) is 6.61 Å². The Kier molecular flexibility index (Phi) is 9.05. The summed E-state index contributed by atoms with van der Waals surface area (Å²) < 4.78 is 4.18. The van der Waals surface area contributed by atoms with Crippen molar-refractivity contribution in [2.45, 2.75) is 6.92 Å². The molecular weight excluding hydrogens is 289 g/mol. The topological polar surface area (TPSA) is 52.3 Å². The van der Waals surface area contributed by atoms with Crippen LogP contribution in [0.2, 0.25) is 0 Å². The van der Waals surface area contributed by atoms with Crippen molar-refractivity contribution in [3.63, 3.8) is 0 Å². The molecule has 0 aliphatic heterocycles. The molecule has 0 aliphatic carbocycles. The third-order valence-corrected chi connectivity index (χ3v) is 0.287. The maximum absolute atomic E-state index is 9.60. The van der Waals surface area contributed by atoms with E-state index in [1.807, 2.05) is 0 Å². The summed E-state index contributed by atoms with van der Waals surface area (Å²) >= 11 is 0. The number of carbonyl (C=O) groups is 1. The fourth-order valence-electron chi connectivity index (χ4n) is 0.142. The monoisotopic (exact) mass is 297 g/mol. The third kappa shape index (κ3) is 10.7. The van der Waals surface area contributed by atoms with Crippen LogP contribution in [0.1, 0.15) is 6.92 Å². The SMILES string of the molecule is CCOC(N)=O.[Pb]. The molecule has 4 radical (unpaired) electrons. The van der Waals surface area contributed by atoms with Crippen molar-refractivity contribution in [1.82, 2.24) is 0 Å². The molecule has 0 aliphatic rings. The van der Waals surface area contributed by atoms with Crippen LogP contribution in [-0.2, 0) is 4.74 Å². The van der Waals surface area contributed by atoms with Crippen molar-refractivity contribution in [2.24, 2.45) is 5.73 Å². The van der Waals surface area contributed by atoms with Crippen molar-refractivity contribution in [1.29, 1.82) is 0 Å². The van der Waals surface area contributed by atoms with E-state index in [2.05, 4.69) is 10.5 Å². The number of carbonyl (C=O) groups excluding carboxylic acids is 1.